The van der Waals surface area contributed by atoms with Gasteiger partial charge in [0, 0.05) is 13.3 Å². The number of aliphatic imine (C=N–C) groups is 1. The van der Waals surface area contributed by atoms with E-state index >= 15 is 0 Å². The monoisotopic (exact) mass is 158 g/mol. The first-order chi connectivity index (χ1) is 4.74. The number of hydrazone groups is 1. The molecule has 0 aromatic heterocycles. The van der Waals surface area contributed by atoms with E-state index in [1.54, 1.807) is 7.05 Å². The zero-order valence-electron chi connectivity index (χ0n) is 5.61. The molecule has 0 saturated heterocycles. The lowest BCUT2D eigenvalue weighted by Crippen LogP contribution is -2.26. The predicted octanol–water partition coefficient (Wildman–Crippen LogP) is 0.684. The number of amidine groups is 1. The zero-order valence-corrected chi connectivity index (χ0v) is 6.43. The van der Waals surface area contributed by atoms with Gasteiger partial charge in [-0.25, -0.2) is 5.01 Å². The van der Waals surface area contributed by atoms with Crippen LogP contribution in [0.1, 0.15) is 0 Å². The Bertz CT molecular complexity index is 189. The molecule has 0 unspecified atom stereocenters. The van der Waals surface area contributed by atoms with Crippen molar-refractivity contribution in [3.8, 4) is 0 Å². The maximum atomic E-state index is 8.86. The average molecular weight is 158 g/mol. The fourth-order valence-corrected chi connectivity index (χ4v) is 1.01. The summed E-state index contributed by atoms with van der Waals surface area (Å²) in [6.45, 7) is 0.266. The van der Waals surface area contributed by atoms with Crippen molar-refractivity contribution in [3.05, 3.63) is 6.26 Å². The van der Waals surface area contributed by atoms with Gasteiger partial charge < -0.3 is 5.11 Å². The summed E-state index contributed by atoms with van der Waals surface area (Å²) in [5, 5.41) is 14.8. The second-order valence-electron chi connectivity index (χ2n) is 1.78. The van der Waals surface area contributed by atoms with Crippen molar-refractivity contribution < 1.29 is 5.11 Å². The maximum Gasteiger partial charge on any atom is 0.226 e. The highest BCUT2D eigenvalue weighted by Crippen LogP contribution is 2.08. The number of hydrogen-bond donors (Lipinski definition) is 1. The second-order valence-corrected chi connectivity index (χ2v) is 2.44. The van der Waals surface area contributed by atoms with Crippen LogP contribution >= 0.6 is 11.8 Å². The topological polar surface area (TPSA) is 48.2 Å². The zero-order chi connectivity index (χ0) is 7.56. The lowest BCUT2D eigenvalue weighted by Gasteiger charge is -2.17. The summed E-state index contributed by atoms with van der Waals surface area (Å²) >= 11 is 1.26. The van der Waals surface area contributed by atoms with Crippen LogP contribution in [-0.4, -0.2) is 34.8 Å². The van der Waals surface area contributed by atoms with E-state index in [1.165, 1.54) is 16.8 Å². The van der Waals surface area contributed by atoms with Crippen LogP contribution in [0.15, 0.2) is 10.1 Å². The Balaban J connectivity index is 2.66. The van der Waals surface area contributed by atoms with E-state index in [1.807, 2.05) is 0 Å². The van der Waals surface area contributed by atoms with E-state index in [0.717, 1.165) is 5.17 Å². The molecule has 1 radical (unpaired) electrons. The molecule has 0 fully saturated rings. The lowest BCUT2D eigenvalue weighted by atomic mass is 10.6. The van der Waals surface area contributed by atoms with Crippen LogP contribution < -0.4 is 0 Å². The minimum Gasteiger partial charge on any atom is -0.494 e. The highest BCUT2D eigenvalue weighted by atomic mass is 32.2. The Hall–Kier alpha value is -0.710. The number of aliphatic hydroxyl groups excluding tert-OH is 1. The molecule has 0 saturated carbocycles. The Labute approximate surface area is 63.6 Å². The molecule has 4 nitrogen and oxygen atoms in total. The van der Waals surface area contributed by atoms with Gasteiger partial charge in [-0.15, -0.1) is 5.10 Å². The summed E-state index contributed by atoms with van der Waals surface area (Å²) in [5.41, 5.74) is 0. The standard InChI is InChI=1S/C5H8N3OS/c1-8-5(10-2)6-3-4(9)7-8/h2-3H2,1H3,(H,7,9). The van der Waals surface area contributed by atoms with Crippen LogP contribution in [0.3, 0.4) is 0 Å². The largest absolute Gasteiger partial charge is 0.494 e. The third-order valence-electron chi connectivity index (χ3n) is 1.03. The van der Waals surface area contributed by atoms with Crippen LogP contribution in [-0.2, 0) is 0 Å². The van der Waals surface area contributed by atoms with Gasteiger partial charge in [0.25, 0.3) is 0 Å². The van der Waals surface area contributed by atoms with Crippen molar-refractivity contribution >= 4 is 22.8 Å². The smallest absolute Gasteiger partial charge is 0.226 e. The van der Waals surface area contributed by atoms with E-state index in [-0.39, 0.29) is 12.4 Å². The number of hydrogen-bond acceptors (Lipinski definition) is 4. The number of rotatable bonds is 0. The van der Waals surface area contributed by atoms with Crippen LogP contribution in [0.2, 0.25) is 0 Å². The third kappa shape index (κ3) is 1.41. The molecule has 1 N–H and O–H groups in total. The fourth-order valence-electron chi connectivity index (χ4n) is 0.627. The molecule has 1 rings (SSSR count). The van der Waals surface area contributed by atoms with Gasteiger partial charge in [-0.1, -0.05) is 11.8 Å². The highest BCUT2D eigenvalue weighted by molar-refractivity contribution is 8.14. The molecular weight excluding hydrogens is 150 g/mol. The third-order valence-corrected chi connectivity index (χ3v) is 1.68. The quantitative estimate of drug-likeness (QED) is 0.564. The van der Waals surface area contributed by atoms with Crippen LogP contribution in [0.5, 0.6) is 0 Å². The van der Waals surface area contributed by atoms with Crippen LogP contribution in [0.4, 0.5) is 0 Å². The molecule has 0 bridgehead atoms. The number of nitrogens with zero attached hydrogens (tertiary/aromatic N) is 3. The number of aliphatic hydroxyl groups is 1. The van der Waals surface area contributed by atoms with E-state index in [2.05, 4.69) is 16.3 Å². The first-order valence-electron chi connectivity index (χ1n) is 2.70. The molecule has 0 spiro atoms. The first kappa shape index (κ1) is 7.40. The molecule has 0 aromatic carbocycles. The average Bonchev–Trinajstić information content (AvgIpc) is 1.88. The molecule has 0 aliphatic carbocycles. The number of thioether (sulfide) groups is 1. The lowest BCUT2D eigenvalue weighted by molar-refractivity contribution is 0.466. The van der Waals surface area contributed by atoms with Crippen LogP contribution in [0.25, 0.3) is 0 Å². The van der Waals surface area contributed by atoms with Gasteiger partial charge in [0.05, 0.1) is 0 Å². The second kappa shape index (κ2) is 2.92. The Morgan fingerprint density at radius 3 is 3.00 bits per heavy atom. The predicted molar refractivity (Wildman–Crippen MR) is 43.1 cm³/mol. The summed E-state index contributed by atoms with van der Waals surface area (Å²) in [5.74, 6) is 0.0419. The maximum absolute atomic E-state index is 8.86. The molecule has 5 heteroatoms. The molecule has 0 aromatic rings. The van der Waals surface area contributed by atoms with Gasteiger partial charge in [-0.2, -0.15) is 0 Å². The van der Waals surface area contributed by atoms with Gasteiger partial charge in [-0.05, 0) is 0 Å². The fraction of sp³-hybridized carbons (Fsp3) is 0.400. The van der Waals surface area contributed by atoms with E-state index in [9.17, 15) is 0 Å². The molecule has 55 valence electrons. The minimum atomic E-state index is 0.0419. The van der Waals surface area contributed by atoms with Gasteiger partial charge in [0.1, 0.15) is 6.54 Å². The van der Waals surface area contributed by atoms with Crippen molar-refractivity contribution in [1.29, 1.82) is 0 Å². The molecule has 1 heterocycles. The summed E-state index contributed by atoms with van der Waals surface area (Å²) in [4.78, 5) is 3.97. The SMILES string of the molecule is [CH2]SC1=NCC(O)=NN1C. The minimum absolute atomic E-state index is 0.0419. The first-order valence-corrected chi connectivity index (χ1v) is 3.69. The van der Waals surface area contributed by atoms with E-state index in [4.69, 9.17) is 5.11 Å². The summed E-state index contributed by atoms with van der Waals surface area (Å²) in [6.07, 6.45) is 3.58. The van der Waals surface area contributed by atoms with Gasteiger partial charge in [0.2, 0.25) is 5.90 Å². The van der Waals surface area contributed by atoms with Crippen molar-refractivity contribution in [1.82, 2.24) is 5.01 Å². The summed E-state index contributed by atoms with van der Waals surface area (Å²) in [6, 6.07) is 0. The van der Waals surface area contributed by atoms with Gasteiger partial charge in [-0.3, -0.25) is 4.99 Å². The van der Waals surface area contributed by atoms with Crippen molar-refractivity contribution in [2.24, 2.45) is 10.1 Å². The van der Waals surface area contributed by atoms with Crippen molar-refractivity contribution in [3.63, 3.8) is 0 Å². The molecule has 1 aliphatic heterocycles. The molecule has 10 heavy (non-hydrogen) atoms. The Kier molecular flexibility index (Phi) is 2.16. The Morgan fingerprint density at radius 1 is 1.80 bits per heavy atom. The highest BCUT2D eigenvalue weighted by Gasteiger charge is 2.10. The summed E-state index contributed by atoms with van der Waals surface area (Å²) < 4.78 is 0. The van der Waals surface area contributed by atoms with Gasteiger partial charge in [0.15, 0.2) is 5.17 Å². The Morgan fingerprint density at radius 2 is 2.50 bits per heavy atom. The van der Waals surface area contributed by atoms with Crippen LogP contribution in [0, 0.1) is 6.26 Å². The molecular formula is C5H8N3OS. The summed E-state index contributed by atoms with van der Waals surface area (Å²) in [7, 11) is 1.71. The van der Waals surface area contributed by atoms with Crippen molar-refractivity contribution in [2.75, 3.05) is 13.6 Å². The van der Waals surface area contributed by atoms with Crippen molar-refractivity contribution in [2.45, 2.75) is 0 Å². The van der Waals surface area contributed by atoms with E-state index in [0.29, 0.717) is 0 Å². The molecule has 0 amide bonds. The molecule has 1 aliphatic rings. The molecule has 0 atom stereocenters. The van der Waals surface area contributed by atoms with E-state index < -0.39 is 0 Å². The normalized spacial score (nSPS) is 18.4. The van der Waals surface area contributed by atoms with Gasteiger partial charge >= 0.3 is 0 Å².